The second kappa shape index (κ2) is 5.54. The number of halogens is 3. The zero-order chi connectivity index (χ0) is 9.14. The van der Waals surface area contributed by atoms with Gasteiger partial charge in [0, 0.05) is 10.0 Å². The Morgan fingerprint density at radius 1 is 1.54 bits per heavy atom. The smallest absolute Gasteiger partial charge is 0.129 e. The van der Waals surface area contributed by atoms with E-state index in [1.807, 2.05) is 0 Å². The molecule has 0 bridgehead atoms. The van der Waals surface area contributed by atoms with Gasteiger partial charge in [0.05, 0.1) is 12.6 Å². The first-order chi connectivity index (χ1) is 5.65. The molecule has 1 unspecified atom stereocenters. The van der Waals surface area contributed by atoms with Crippen LogP contribution in [0.2, 0.25) is 0 Å². The van der Waals surface area contributed by atoms with Gasteiger partial charge in [-0.1, -0.05) is 22.0 Å². The van der Waals surface area contributed by atoms with Crippen LogP contribution in [0.1, 0.15) is 11.6 Å². The molecule has 3 N–H and O–H groups in total. The van der Waals surface area contributed by atoms with E-state index in [0.717, 1.165) is 0 Å². The van der Waals surface area contributed by atoms with Crippen molar-refractivity contribution in [2.45, 2.75) is 6.04 Å². The van der Waals surface area contributed by atoms with E-state index in [1.165, 1.54) is 6.07 Å². The minimum absolute atomic E-state index is 0. The fraction of sp³-hybridized carbons (Fsp3) is 0.250. The maximum Gasteiger partial charge on any atom is 0.129 e. The molecule has 0 aliphatic heterocycles. The zero-order valence-electron chi connectivity index (χ0n) is 6.71. The molecule has 5 heteroatoms. The third-order valence-electron chi connectivity index (χ3n) is 1.56. The van der Waals surface area contributed by atoms with Crippen LogP contribution >= 0.6 is 28.3 Å². The van der Waals surface area contributed by atoms with Crippen LogP contribution in [0.5, 0.6) is 0 Å². The maximum atomic E-state index is 13.1. The van der Waals surface area contributed by atoms with Gasteiger partial charge in [-0.2, -0.15) is 0 Å². The van der Waals surface area contributed by atoms with E-state index in [0.29, 0.717) is 10.0 Å². The normalized spacial score (nSPS) is 12.0. The molecule has 2 nitrogen and oxygen atoms in total. The predicted octanol–water partition coefficient (Wildman–Crippen LogP) is 2.00. The lowest BCUT2D eigenvalue weighted by Crippen LogP contribution is -2.15. The second-order valence-corrected chi connectivity index (χ2v) is 3.37. The molecule has 0 heterocycles. The van der Waals surface area contributed by atoms with Crippen molar-refractivity contribution in [3.05, 3.63) is 34.1 Å². The van der Waals surface area contributed by atoms with Crippen molar-refractivity contribution in [2.75, 3.05) is 6.61 Å². The highest BCUT2D eigenvalue weighted by molar-refractivity contribution is 9.10. The molecule has 0 saturated heterocycles. The Bertz CT molecular complexity index is 285. The van der Waals surface area contributed by atoms with Crippen LogP contribution in [-0.2, 0) is 0 Å². The monoisotopic (exact) mass is 269 g/mol. The molecule has 0 saturated carbocycles. The highest BCUT2D eigenvalue weighted by Crippen LogP contribution is 2.19. The molecule has 1 aromatic rings. The van der Waals surface area contributed by atoms with E-state index < -0.39 is 11.9 Å². The van der Waals surface area contributed by atoms with E-state index in [-0.39, 0.29) is 19.0 Å². The van der Waals surface area contributed by atoms with Gasteiger partial charge in [-0.05, 0) is 12.1 Å². The molecule has 13 heavy (non-hydrogen) atoms. The summed E-state index contributed by atoms with van der Waals surface area (Å²) in [4.78, 5) is 0. The topological polar surface area (TPSA) is 46.2 Å². The third kappa shape index (κ3) is 3.23. The van der Waals surface area contributed by atoms with Crippen molar-refractivity contribution in [3.63, 3.8) is 0 Å². The van der Waals surface area contributed by atoms with E-state index in [9.17, 15) is 4.39 Å². The second-order valence-electron chi connectivity index (χ2n) is 2.45. The Hall–Kier alpha value is -0.160. The van der Waals surface area contributed by atoms with Crippen LogP contribution in [0.15, 0.2) is 22.7 Å². The van der Waals surface area contributed by atoms with Crippen molar-refractivity contribution < 1.29 is 9.50 Å². The Morgan fingerprint density at radius 2 is 2.15 bits per heavy atom. The molecular formula is C8H10BrClFNO. The van der Waals surface area contributed by atoms with Crippen molar-refractivity contribution >= 4 is 28.3 Å². The van der Waals surface area contributed by atoms with Gasteiger partial charge in [-0.3, -0.25) is 0 Å². The van der Waals surface area contributed by atoms with Crippen molar-refractivity contribution in [1.82, 2.24) is 0 Å². The third-order valence-corrected chi connectivity index (χ3v) is 2.05. The van der Waals surface area contributed by atoms with E-state index in [1.54, 1.807) is 12.1 Å². The standard InChI is InChI=1S/C8H9BrFNO.ClH/c9-5-1-2-6(7(10)3-5)8(11)4-12;/h1-3,8,12H,4,11H2;1H. The van der Waals surface area contributed by atoms with Gasteiger partial charge < -0.3 is 10.8 Å². The first kappa shape index (κ1) is 12.8. The van der Waals surface area contributed by atoms with Crippen LogP contribution in [0.25, 0.3) is 0 Å². The Kier molecular flexibility index (Phi) is 5.48. The van der Waals surface area contributed by atoms with Crippen molar-refractivity contribution in [1.29, 1.82) is 0 Å². The molecular weight excluding hydrogens is 260 g/mol. The largest absolute Gasteiger partial charge is 0.394 e. The van der Waals surface area contributed by atoms with Gasteiger partial charge in [0.2, 0.25) is 0 Å². The molecule has 1 aromatic carbocycles. The molecule has 0 aromatic heterocycles. The fourth-order valence-electron chi connectivity index (χ4n) is 0.901. The Morgan fingerprint density at radius 3 is 2.62 bits per heavy atom. The number of benzene rings is 1. The Labute approximate surface area is 90.5 Å². The number of rotatable bonds is 2. The van der Waals surface area contributed by atoms with Gasteiger partial charge >= 0.3 is 0 Å². The van der Waals surface area contributed by atoms with Gasteiger partial charge in [0.25, 0.3) is 0 Å². The summed E-state index contributed by atoms with van der Waals surface area (Å²) in [6.45, 7) is -0.251. The highest BCUT2D eigenvalue weighted by Gasteiger charge is 2.09. The molecule has 1 atom stereocenters. The molecule has 0 fully saturated rings. The lowest BCUT2D eigenvalue weighted by molar-refractivity contribution is 0.265. The maximum absolute atomic E-state index is 13.1. The lowest BCUT2D eigenvalue weighted by atomic mass is 10.1. The highest BCUT2D eigenvalue weighted by atomic mass is 79.9. The van der Waals surface area contributed by atoms with E-state index in [4.69, 9.17) is 10.8 Å². The molecule has 0 amide bonds. The number of nitrogens with two attached hydrogens (primary N) is 1. The lowest BCUT2D eigenvalue weighted by Gasteiger charge is -2.09. The minimum Gasteiger partial charge on any atom is -0.394 e. The first-order valence-electron chi connectivity index (χ1n) is 3.46. The molecule has 74 valence electrons. The molecule has 0 radical (unpaired) electrons. The number of hydrogen-bond acceptors (Lipinski definition) is 2. The molecule has 1 rings (SSSR count). The Balaban J connectivity index is 0.00000144. The minimum atomic E-state index is -0.641. The van der Waals surface area contributed by atoms with Crippen LogP contribution < -0.4 is 5.73 Å². The SMILES string of the molecule is Cl.NC(CO)c1ccc(Br)cc1F. The average molecular weight is 271 g/mol. The van der Waals surface area contributed by atoms with Crippen LogP contribution in [0.3, 0.4) is 0 Å². The number of aliphatic hydroxyl groups is 1. The summed E-state index contributed by atoms with van der Waals surface area (Å²) in [5.74, 6) is -0.397. The summed E-state index contributed by atoms with van der Waals surface area (Å²) in [5, 5.41) is 8.68. The van der Waals surface area contributed by atoms with E-state index in [2.05, 4.69) is 15.9 Å². The zero-order valence-corrected chi connectivity index (χ0v) is 9.11. The van der Waals surface area contributed by atoms with Gasteiger partial charge in [-0.25, -0.2) is 4.39 Å². The molecule has 0 aliphatic carbocycles. The first-order valence-corrected chi connectivity index (χ1v) is 4.26. The van der Waals surface area contributed by atoms with Crippen molar-refractivity contribution in [2.24, 2.45) is 5.73 Å². The fourth-order valence-corrected chi connectivity index (χ4v) is 1.23. The van der Waals surface area contributed by atoms with Crippen molar-refractivity contribution in [3.8, 4) is 0 Å². The average Bonchev–Trinajstić information content (AvgIpc) is 2.03. The van der Waals surface area contributed by atoms with Gasteiger partial charge in [0.15, 0.2) is 0 Å². The number of aliphatic hydroxyl groups excluding tert-OH is 1. The van der Waals surface area contributed by atoms with Crippen LogP contribution in [0.4, 0.5) is 4.39 Å². The molecule has 0 aliphatic rings. The summed E-state index contributed by atoms with van der Waals surface area (Å²) >= 11 is 3.12. The predicted molar refractivity (Wildman–Crippen MR) is 55.4 cm³/mol. The summed E-state index contributed by atoms with van der Waals surface area (Å²) < 4.78 is 13.7. The van der Waals surface area contributed by atoms with Crippen LogP contribution in [-0.4, -0.2) is 11.7 Å². The number of hydrogen-bond donors (Lipinski definition) is 2. The molecule has 0 spiro atoms. The van der Waals surface area contributed by atoms with Gasteiger partial charge in [0.1, 0.15) is 5.82 Å². The van der Waals surface area contributed by atoms with Gasteiger partial charge in [-0.15, -0.1) is 12.4 Å². The summed E-state index contributed by atoms with van der Waals surface area (Å²) in [6, 6.07) is 3.93. The summed E-state index contributed by atoms with van der Waals surface area (Å²) in [7, 11) is 0. The quantitative estimate of drug-likeness (QED) is 0.863. The van der Waals surface area contributed by atoms with E-state index >= 15 is 0 Å². The summed E-state index contributed by atoms with van der Waals surface area (Å²) in [5.41, 5.74) is 5.77. The summed E-state index contributed by atoms with van der Waals surface area (Å²) in [6.07, 6.45) is 0. The van der Waals surface area contributed by atoms with Crippen LogP contribution in [0, 0.1) is 5.82 Å².